The van der Waals surface area contributed by atoms with Crippen LogP contribution in [0.15, 0.2) is 43.0 Å². The average molecular weight is 268 g/mol. The lowest BCUT2D eigenvalue weighted by Gasteiger charge is -2.19. The third kappa shape index (κ3) is 5.63. The van der Waals surface area contributed by atoms with Gasteiger partial charge in [0.1, 0.15) is 0 Å². The van der Waals surface area contributed by atoms with Gasteiger partial charge >= 0.3 is 7.60 Å². The van der Waals surface area contributed by atoms with Crippen LogP contribution >= 0.6 is 7.60 Å². The first-order chi connectivity index (χ1) is 8.56. The first-order valence-corrected chi connectivity index (χ1v) is 7.81. The summed E-state index contributed by atoms with van der Waals surface area (Å²) in [4.78, 5) is 0. The summed E-state index contributed by atoms with van der Waals surface area (Å²) < 4.78 is 23.4. The quantitative estimate of drug-likeness (QED) is 0.522. The van der Waals surface area contributed by atoms with Crippen LogP contribution in [-0.2, 0) is 19.8 Å². The Balaban J connectivity index is 2.70. The summed E-state index contributed by atoms with van der Waals surface area (Å²) in [6, 6.07) is 9.59. The van der Waals surface area contributed by atoms with E-state index in [-0.39, 0.29) is 6.61 Å². The van der Waals surface area contributed by atoms with E-state index in [1.807, 2.05) is 44.2 Å². The highest BCUT2D eigenvalue weighted by atomic mass is 31.2. The lowest BCUT2D eigenvalue weighted by atomic mass is 10.2. The van der Waals surface area contributed by atoms with E-state index in [9.17, 15) is 4.57 Å². The van der Waals surface area contributed by atoms with E-state index >= 15 is 0 Å². The molecule has 4 heteroatoms. The van der Waals surface area contributed by atoms with Crippen LogP contribution in [0.25, 0.3) is 0 Å². The van der Waals surface area contributed by atoms with Crippen LogP contribution in [-0.4, -0.2) is 13.2 Å². The van der Waals surface area contributed by atoms with Crippen molar-refractivity contribution in [3.05, 3.63) is 48.6 Å². The monoisotopic (exact) mass is 268 g/mol. The molecule has 1 unspecified atom stereocenters. The summed E-state index contributed by atoms with van der Waals surface area (Å²) in [5.41, 5.74) is 0.952. The molecule has 0 heterocycles. The molecular weight excluding hydrogens is 247 g/mol. The summed E-state index contributed by atoms with van der Waals surface area (Å²) in [5, 5.41) is 0. The fourth-order valence-electron chi connectivity index (χ4n) is 1.36. The third-order valence-electron chi connectivity index (χ3n) is 2.21. The Labute approximate surface area is 109 Å². The summed E-state index contributed by atoms with van der Waals surface area (Å²) >= 11 is 0. The fraction of sp³-hybridized carbons (Fsp3) is 0.429. The molecule has 0 aliphatic heterocycles. The fourth-order valence-corrected chi connectivity index (χ4v) is 3.14. The van der Waals surface area contributed by atoms with Gasteiger partial charge in [-0.25, -0.2) is 0 Å². The maximum atomic E-state index is 12.6. The van der Waals surface area contributed by atoms with Crippen LogP contribution in [0.2, 0.25) is 0 Å². The molecule has 0 aliphatic carbocycles. The maximum absolute atomic E-state index is 12.6. The lowest BCUT2D eigenvalue weighted by Crippen LogP contribution is -2.05. The van der Waals surface area contributed by atoms with Crippen molar-refractivity contribution in [1.29, 1.82) is 0 Å². The van der Waals surface area contributed by atoms with Crippen molar-refractivity contribution >= 4 is 7.60 Å². The summed E-state index contributed by atoms with van der Waals surface area (Å²) in [6.07, 6.45) is 1.88. The van der Waals surface area contributed by atoms with Gasteiger partial charge in [-0.05, 0) is 11.5 Å². The smallest absolute Gasteiger partial charge is 0.308 e. The molecule has 0 spiro atoms. The number of hydrogen-bond donors (Lipinski definition) is 0. The lowest BCUT2D eigenvalue weighted by molar-refractivity contribution is 0.197. The third-order valence-corrected chi connectivity index (χ3v) is 4.05. The van der Waals surface area contributed by atoms with Crippen molar-refractivity contribution in [2.24, 2.45) is 5.92 Å². The Morgan fingerprint density at radius 3 is 2.50 bits per heavy atom. The van der Waals surface area contributed by atoms with Crippen LogP contribution in [0, 0.1) is 5.92 Å². The predicted molar refractivity (Wildman–Crippen MR) is 74.7 cm³/mol. The largest absolute Gasteiger partial charge is 0.335 e. The molecule has 0 aliphatic rings. The van der Waals surface area contributed by atoms with Gasteiger partial charge in [0.25, 0.3) is 0 Å². The molecule has 100 valence electrons. The van der Waals surface area contributed by atoms with Crippen LogP contribution in [0.4, 0.5) is 0 Å². The molecule has 1 aromatic carbocycles. The Bertz CT molecular complexity index is 401. The normalized spacial score (nSPS) is 14.4. The first-order valence-electron chi connectivity index (χ1n) is 6.08. The average Bonchev–Trinajstić information content (AvgIpc) is 2.35. The van der Waals surface area contributed by atoms with Gasteiger partial charge in [-0.1, -0.05) is 50.3 Å². The van der Waals surface area contributed by atoms with Gasteiger partial charge in [0.15, 0.2) is 0 Å². The van der Waals surface area contributed by atoms with Gasteiger partial charge in [-0.15, -0.1) is 6.58 Å². The van der Waals surface area contributed by atoms with Gasteiger partial charge in [0.05, 0.1) is 19.4 Å². The zero-order valence-electron chi connectivity index (χ0n) is 11.0. The van der Waals surface area contributed by atoms with Gasteiger partial charge in [0, 0.05) is 0 Å². The molecule has 0 saturated heterocycles. The summed E-state index contributed by atoms with van der Waals surface area (Å²) in [7, 11) is -3.08. The molecule has 0 saturated carbocycles. The highest BCUT2D eigenvalue weighted by molar-refractivity contribution is 7.53. The zero-order chi connectivity index (χ0) is 13.4. The van der Waals surface area contributed by atoms with E-state index in [0.29, 0.717) is 18.7 Å². The van der Waals surface area contributed by atoms with Gasteiger partial charge < -0.3 is 9.05 Å². The standard InChI is InChI=1S/C14H21O3P/c1-4-10-16-18(15,17-11-13(2)3)12-14-8-6-5-7-9-14/h4-9,13H,1,10-12H2,2-3H3. The van der Waals surface area contributed by atoms with Crippen LogP contribution in [0.3, 0.4) is 0 Å². The van der Waals surface area contributed by atoms with E-state index in [2.05, 4.69) is 6.58 Å². The maximum Gasteiger partial charge on any atom is 0.335 e. The summed E-state index contributed by atoms with van der Waals surface area (Å²) in [5.74, 6) is 0.321. The molecule has 1 rings (SSSR count). The molecule has 0 bridgehead atoms. The van der Waals surface area contributed by atoms with E-state index in [4.69, 9.17) is 9.05 Å². The molecule has 0 aromatic heterocycles. The Morgan fingerprint density at radius 2 is 1.94 bits per heavy atom. The molecule has 0 radical (unpaired) electrons. The van der Waals surface area contributed by atoms with Crippen molar-refractivity contribution in [2.45, 2.75) is 20.0 Å². The second-order valence-electron chi connectivity index (χ2n) is 4.53. The first kappa shape index (κ1) is 15.2. The second-order valence-corrected chi connectivity index (χ2v) is 6.58. The molecule has 0 N–H and O–H groups in total. The van der Waals surface area contributed by atoms with E-state index in [1.165, 1.54) is 0 Å². The molecule has 1 aromatic rings. The molecule has 0 fully saturated rings. The Morgan fingerprint density at radius 1 is 1.28 bits per heavy atom. The van der Waals surface area contributed by atoms with Crippen LogP contribution in [0.5, 0.6) is 0 Å². The Hall–Kier alpha value is -0.890. The zero-order valence-corrected chi connectivity index (χ0v) is 11.9. The van der Waals surface area contributed by atoms with Crippen molar-refractivity contribution < 1.29 is 13.6 Å². The number of hydrogen-bond acceptors (Lipinski definition) is 3. The van der Waals surface area contributed by atoms with Crippen molar-refractivity contribution in [2.75, 3.05) is 13.2 Å². The van der Waals surface area contributed by atoms with Crippen molar-refractivity contribution in [1.82, 2.24) is 0 Å². The molecule has 0 amide bonds. The molecule has 18 heavy (non-hydrogen) atoms. The number of benzene rings is 1. The highest BCUT2D eigenvalue weighted by Gasteiger charge is 2.25. The predicted octanol–water partition coefficient (Wildman–Crippen LogP) is 4.25. The number of rotatable bonds is 8. The van der Waals surface area contributed by atoms with Gasteiger partial charge in [0.2, 0.25) is 0 Å². The molecule has 3 nitrogen and oxygen atoms in total. The molecule has 1 atom stereocenters. The Kier molecular flexibility index (Phi) is 6.34. The summed E-state index contributed by atoms with van der Waals surface area (Å²) in [6.45, 7) is 8.26. The minimum atomic E-state index is -3.08. The topological polar surface area (TPSA) is 35.5 Å². The van der Waals surface area contributed by atoms with Gasteiger partial charge in [-0.2, -0.15) is 0 Å². The molecular formula is C14H21O3P. The van der Waals surface area contributed by atoms with E-state index in [0.717, 1.165) is 5.56 Å². The van der Waals surface area contributed by atoms with E-state index in [1.54, 1.807) is 6.08 Å². The van der Waals surface area contributed by atoms with Crippen LogP contribution in [0.1, 0.15) is 19.4 Å². The second kappa shape index (κ2) is 7.52. The van der Waals surface area contributed by atoms with Crippen molar-refractivity contribution in [3.63, 3.8) is 0 Å². The van der Waals surface area contributed by atoms with E-state index < -0.39 is 7.60 Å². The van der Waals surface area contributed by atoms with Crippen molar-refractivity contribution in [3.8, 4) is 0 Å². The SMILES string of the molecule is C=CCOP(=O)(Cc1ccccc1)OCC(C)C. The van der Waals surface area contributed by atoms with Crippen LogP contribution < -0.4 is 0 Å². The highest BCUT2D eigenvalue weighted by Crippen LogP contribution is 2.51. The minimum Gasteiger partial charge on any atom is -0.308 e. The minimum absolute atomic E-state index is 0.238. The van der Waals surface area contributed by atoms with Gasteiger partial charge in [-0.3, -0.25) is 4.57 Å².